The van der Waals surface area contributed by atoms with Gasteiger partial charge in [-0.1, -0.05) is 5.16 Å². The van der Waals surface area contributed by atoms with E-state index in [4.69, 9.17) is 9.26 Å². The van der Waals surface area contributed by atoms with Crippen LogP contribution in [0.3, 0.4) is 0 Å². The molecule has 0 saturated heterocycles. The number of carbonyl (C=O) groups excluding carboxylic acids is 2. The number of ketones is 1. The summed E-state index contributed by atoms with van der Waals surface area (Å²) in [6.07, 6.45) is 7.37. The molecule has 0 N–H and O–H groups in total. The van der Waals surface area contributed by atoms with Gasteiger partial charge in [0.05, 0.1) is 13.2 Å². The molecule has 1 aliphatic rings. The van der Waals surface area contributed by atoms with E-state index in [-0.39, 0.29) is 29.6 Å². The third-order valence-corrected chi connectivity index (χ3v) is 5.54. The van der Waals surface area contributed by atoms with Gasteiger partial charge in [-0.2, -0.15) is 5.10 Å². The van der Waals surface area contributed by atoms with Gasteiger partial charge in [0.1, 0.15) is 5.56 Å². The lowest BCUT2D eigenvalue weighted by molar-refractivity contribution is 0.0512. The molecule has 1 fully saturated rings. The molecule has 0 radical (unpaired) electrons. The minimum absolute atomic E-state index is 0.0438. The van der Waals surface area contributed by atoms with E-state index in [1.807, 2.05) is 30.7 Å². The normalized spacial score (nSPS) is 13.4. The van der Waals surface area contributed by atoms with Gasteiger partial charge in [-0.05, 0) is 55.9 Å². The van der Waals surface area contributed by atoms with Gasteiger partial charge in [-0.3, -0.25) is 9.48 Å². The van der Waals surface area contributed by atoms with Crippen LogP contribution in [0.25, 0.3) is 0 Å². The third-order valence-electron chi connectivity index (χ3n) is 4.81. The SMILES string of the molecule is CCOC(=O)c1noc(C2CC2)c1C(=O)c1ccc(SC)cc1Cn1cccn1. The highest BCUT2D eigenvalue weighted by Crippen LogP contribution is 2.43. The zero-order valence-electron chi connectivity index (χ0n) is 16.3. The fourth-order valence-electron chi connectivity index (χ4n) is 3.24. The fraction of sp³-hybridized carbons (Fsp3) is 0.333. The Morgan fingerprint density at radius 3 is 2.83 bits per heavy atom. The highest BCUT2D eigenvalue weighted by molar-refractivity contribution is 7.98. The van der Waals surface area contributed by atoms with Crippen LogP contribution in [0.5, 0.6) is 0 Å². The molecule has 0 amide bonds. The van der Waals surface area contributed by atoms with Gasteiger partial charge in [-0.25, -0.2) is 4.79 Å². The van der Waals surface area contributed by atoms with Crippen LogP contribution in [-0.4, -0.2) is 39.6 Å². The van der Waals surface area contributed by atoms with Crippen molar-refractivity contribution in [3.05, 3.63) is 64.8 Å². The van der Waals surface area contributed by atoms with Gasteiger partial charge in [0.15, 0.2) is 11.5 Å². The minimum atomic E-state index is -0.638. The molecular formula is C21H21N3O4S. The number of rotatable bonds is 8. The van der Waals surface area contributed by atoms with Crippen LogP contribution in [0, 0.1) is 0 Å². The van der Waals surface area contributed by atoms with E-state index >= 15 is 0 Å². The molecule has 1 aromatic carbocycles. The zero-order chi connectivity index (χ0) is 20.4. The van der Waals surface area contributed by atoms with Crippen molar-refractivity contribution in [2.24, 2.45) is 0 Å². The van der Waals surface area contributed by atoms with Crippen LogP contribution in [-0.2, 0) is 11.3 Å². The molecule has 1 saturated carbocycles. The summed E-state index contributed by atoms with van der Waals surface area (Å²) in [5, 5.41) is 8.14. The third kappa shape index (κ3) is 3.98. The van der Waals surface area contributed by atoms with Crippen LogP contribution in [0.15, 0.2) is 46.1 Å². The summed E-state index contributed by atoms with van der Waals surface area (Å²) in [7, 11) is 0. The molecule has 0 bridgehead atoms. The Kier molecular flexibility index (Phi) is 5.53. The molecule has 3 aromatic rings. The summed E-state index contributed by atoms with van der Waals surface area (Å²) in [6.45, 7) is 2.36. The standard InChI is InChI=1S/C21H21N3O4S/c1-3-27-21(26)18-17(20(28-23-18)13-5-6-13)19(25)16-8-7-15(29-2)11-14(16)12-24-10-4-9-22-24/h4,7-11,13H,3,5-6,12H2,1-2H3. The first-order chi connectivity index (χ1) is 14.1. The van der Waals surface area contributed by atoms with E-state index in [0.717, 1.165) is 23.3 Å². The fourth-order valence-corrected chi connectivity index (χ4v) is 3.70. The molecule has 0 atom stereocenters. The second-order valence-corrected chi connectivity index (χ2v) is 7.70. The average molecular weight is 411 g/mol. The smallest absolute Gasteiger partial charge is 0.361 e. The summed E-state index contributed by atoms with van der Waals surface area (Å²) in [5.74, 6) is -0.298. The van der Waals surface area contributed by atoms with Crippen molar-refractivity contribution in [1.29, 1.82) is 0 Å². The summed E-state index contributed by atoms with van der Waals surface area (Å²) in [6, 6.07) is 7.52. The molecule has 0 spiro atoms. The molecule has 2 heterocycles. The lowest BCUT2D eigenvalue weighted by atomic mass is 9.95. The first kappa shape index (κ1) is 19.4. The molecule has 7 nitrogen and oxygen atoms in total. The van der Waals surface area contributed by atoms with Gasteiger partial charge in [0, 0.05) is 28.8 Å². The first-order valence-electron chi connectivity index (χ1n) is 9.48. The van der Waals surface area contributed by atoms with Crippen molar-refractivity contribution in [2.75, 3.05) is 12.9 Å². The Hall–Kier alpha value is -2.87. The Balaban J connectivity index is 1.78. The van der Waals surface area contributed by atoms with Crippen molar-refractivity contribution in [1.82, 2.24) is 14.9 Å². The largest absolute Gasteiger partial charge is 0.461 e. The number of hydrogen-bond donors (Lipinski definition) is 0. The van der Waals surface area contributed by atoms with Crippen molar-refractivity contribution < 1.29 is 18.8 Å². The van der Waals surface area contributed by atoms with E-state index in [1.165, 1.54) is 0 Å². The lowest BCUT2D eigenvalue weighted by Crippen LogP contribution is -2.15. The number of benzene rings is 1. The topological polar surface area (TPSA) is 87.2 Å². The predicted octanol–water partition coefficient (Wildman–Crippen LogP) is 3.93. The number of nitrogens with zero attached hydrogens (tertiary/aromatic N) is 3. The second-order valence-electron chi connectivity index (χ2n) is 6.82. The number of carbonyl (C=O) groups is 2. The van der Waals surface area contributed by atoms with Gasteiger partial charge >= 0.3 is 5.97 Å². The van der Waals surface area contributed by atoms with E-state index in [2.05, 4.69) is 10.3 Å². The summed E-state index contributed by atoms with van der Waals surface area (Å²) >= 11 is 1.60. The maximum absolute atomic E-state index is 13.6. The van der Waals surface area contributed by atoms with E-state index in [9.17, 15) is 9.59 Å². The molecule has 8 heteroatoms. The quantitative estimate of drug-likeness (QED) is 0.315. The van der Waals surface area contributed by atoms with Crippen LogP contribution in [0.4, 0.5) is 0 Å². The Morgan fingerprint density at radius 2 is 2.17 bits per heavy atom. The van der Waals surface area contributed by atoms with Crippen molar-refractivity contribution >= 4 is 23.5 Å². The first-order valence-corrected chi connectivity index (χ1v) is 10.7. The highest BCUT2D eigenvalue weighted by Gasteiger charge is 2.38. The van der Waals surface area contributed by atoms with Crippen LogP contribution >= 0.6 is 11.8 Å². The summed E-state index contributed by atoms with van der Waals surface area (Å²) in [4.78, 5) is 27.0. The summed E-state index contributed by atoms with van der Waals surface area (Å²) < 4.78 is 12.3. The highest BCUT2D eigenvalue weighted by atomic mass is 32.2. The minimum Gasteiger partial charge on any atom is -0.461 e. The zero-order valence-corrected chi connectivity index (χ0v) is 17.1. The number of aromatic nitrogens is 3. The molecule has 29 heavy (non-hydrogen) atoms. The lowest BCUT2D eigenvalue weighted by Gasteiger charge is -2.11. The van der Waals surface area contributed by atoms with Crippen LogP contribution in [0.2, 0.25) is 0 Å². The molecule has 1 aliphatic carbocycles. The number of ether oxygens (including phenoxy) is 1. The predicted molar refractivity (Wildman–Crippen MR) is 107 cm³/mol. The maximum atomic E-state index is 13.6. The molecule has 0 unspecified atom stereocenters. The number of esters is 1. The van der Waals surface area contributed by atoms with Crippen LogP contribution in [0.1, 0.15) is 63.4 Å². The molecule has 0 aliphatic heterocycles. The van der Waals surface area contributed by atoms with E-state index < -0.39 is 5.97 Å². The van der Waals surface area contributed by atoms with E-state index in [1.54, 1.807) is 35.6 Å². The van der Waals surface area contributed by atoms with Crippen molar-refractivity contribution in [2.45, 2.75) is 37.1 Å². The van der Waals surface area contributed by atoms with Gasteiger partial charge < -0.3 is 9.26 Å². The van der Waals surface area contributed by atoms with Gasteiger partial charge in [-0.15, -0.1) is 11.8 Å². The number of hydrogen-bond acceptors (Lipinski definition) is 7. The molecule has 150 valence electrons. The second kappa shape index (κ2) is 8.24. The Morgan fingerprint density at radius 1 is 1.34 bits per heavy atom. The van der Waals surface area contributed by atoms with Crippen LogP contribution < -0.4 is 0 Å². The van der Waals surface area contributed by atoms with Gasteiger partial charge in [0.25, 0.3) is 0 Å². The Bertz CT molecular complexity index is 1040. The van der Waals surface area contributed by atoms with Crippen molar-refractivity contribution in [3.8, 4) is 0 Å². The van der Waals surface area contributed by atoms with Gasteiger partial charge in [0.2, 0.25) is 5.69 Å². The van der Waals surface area contributed by atoms with E-state index in [0.29, 0.717) is 17.9 Å². The average Bonchev–Trinajstić information content (AvgIpc) is 3.25. The van der Waals surface area contributed by atoms with Crippen molar-refractivity contribution in [3.63, 3.8) is 0 Å². The molecular weight excluding hydrogens is 390 g/mol. The maximum Gasteiger partial charge on any atom is 0.361 e. The molecule has 2 aromatic heterocycles. The number of thioether (sulfide) groups is 1. The summed E-state index contributed by atoms with van der Waals surface area (Å²) in [5.41, 5.74) is 1.51. The monoisotopic (exact) mass is 411 g/mol. The Labute approximate surface area is 172 Å². The molecule has 4 rings (SSSR count).